The smallest absolute Gasteiger partial charge is 0.416 e. The maximum Gasteiger partial charge on any atom is 0.416 e. The van der Waals surface area contributed by atoms with Crippen LogP contribution >= 0.6 is 0 Å². The summed E-state index contributed by atoms with van der Waals surface area (Å²) in [6.45, 7) is 1.17. The quantitative estimate of drug-likeness (QED) is 0.605. The van der Waals surface area contributed by atoms with Gasteiger partial charge in [-0.05, 0) is 31.0 Å². The highest BCUT2D eigenvalue weighted by molar-refractivity contribution is 7.89. The minimum atomic E-state index is -4.85. The molecule has 5 rings (SSSR count). The summed E-state index contributed by atoms with van der Waals surface area (Å²) in [7, 11) is -4.29. The summed E-state index contributed by atoms with van der Waals surface area (Å²) in [5, 5.41) is 0. The molecule has 7 nitrogen and oxygen atoms in total. The lowest BCUT2D eigenvalue weighted by Crippen LogP contribution is -2.51. The third-order valence-electron chi connectivity index (χ3n) is 6.31. The molecule has 1 aliphatic carbocycles. The zero-order valence-corrected chi connectivity index (χ0v) is 18.3. The molecule has 0 amide bonds. The first kappa shape index (κ1) is 22.5. The third-order valence-corrected chi connectivity index (χ3v) is 8.15. The van der Waals surface area contributed by atoms with E-state index in [0.29, 0.717) is 43.4 Å². The Bertz CT molecular complexity index is 1140. The molecule has 0 bridgehead atoms. The van der Waals surface area contributed by atoms with Gasteiger partial charge in [-0.25, -0.2) is 17.8 Å². The number of rotatable bonds is 5. The maximum atomic E-state index is 13.8. The number of sulfonamides is 1. The van der Waals surface area contributed by atoms with Gasteiger partial charge in [0.25, 0.3) is 0 Å². The zero-order valence-electron chi connectivity index (χ0n) is 17.5. The summed E-state index contributed by atoms with van der Waals surface area (Å²) >= 11 is 0. The molecular weight excluding hydrogens is 464 g/mol. The summed E-state index contributed by atoms with van der Waals surface area (Å²) in [4.78, 5) is 10.1. The van der Waals surface area contributed by atoms with Gasteiger partial charge in [0.15, 0.2) is 0 Å². The second-order valence-electron chi connectivity index (χ2n) is 8.71. The number of benzene rings is 1. The van der Waals surface area contributed by atoms with Crippen molar-refractivity contribution in [3.8, 4) is 5.88 Å². The van der Waals surface area contributed by atoms with E-state index in [0.717, 1.165) is 22.8 Å². The summed E-state index contributed by atoms with van der Waals surface area (Å²) in [5.74, 6) is -0.344. The molecule has 12 heteroatoms. The molecule has 0 N–H and O–H groups in total. The first-order chi connectivity index (χ1) is 15.6. The summed E-state index contributed by atoms with van der Waals surface area (Å²) in [6.07, 6.45) is 1.06. The number of aromatic nitrogens is 2. The number of fused-ring (bicyclic) bond motifs is 1. The first-order valence-corrected chi connectivity index (χ1v) is 12.1. The molecule has 1 aromatic heterocycles. The van der Waals surface area contributed by atoms with E-state index in [1.54, 1.807) is 12.4 Å². The molecule has 1 saturated carbocycles. The van der Waals surface area contributed by atoms with Crippen LogP contribution in [-0.4, -0.2) is 65.9 Å². The largest absolute Gasteiger partial charge is 0.472 e. The number of ether oxygens (including phenoxy) is 1. The van der Waals surface area contributed by atoms with Crippen LogP contribution < -0.4 is 4.74 Å². The Hall–Kier alpha value is -2.31. The van der Waals surface area contributed by atoms with Crippen molar-refractivity contribution in [1.82, 2.24) is 19.2 Å². The molecule has 0 radical (unpaired) electrons. The van der Waals surface area contributed by atoms with Crippen molar-refractivity contribution in [3.63, 3.8) is 0 Å². The van der Waals surface area contributed by atoms with Crippen LogP contribution in [0.5, 0.6) is 5.88 Å². The van der Waals surface area contributed by atoms with Gasteiger partial charge in [-0.1, -0.05) is 0 Å². The topological polar surface area (TPSA) is 75.6 Å². The van der Waals surface area contributed by atoms with E-state index < -0.39 is 32.5 Å². The zero-order chi connectivity index (χ0) is 23.4. The van der Waals surface area contributed by atoms with Crippen molar-refractivity contribution in [2.45, 2.75) is 48.4 Å². The fourth-order valence-electron chi connectivity index (χ4n) is 4.44. The Kier molecular flexibility index (Phi) is 5.57. The molecule has 3 fully saturated rings. The molecule has 178 valence electrons. The van der Waals surface area contributed by atoms with Gasteiger partial charge >= 0.3 is 6.18 Å². The molecule has 3 aliphatic rings. The lowest BCUT2D eigenvalue weighted by Gasteiger charge is -2.36. The molecule has 0 unspecified atom stereocenters. The van der Waals surface area contributed by atoms with E-state index in [1.165, 1.54) is 0 Å². The van der Waals surface area contributed by atoms with Gasteiger partial charge in [0.2, 0.25) is 15.9 Å². The van der Waals surface area contributed by atoms with Crippen molar-refractivity contribution in [1.29, 1.82) is 0 Å². The number of nitrogens with zero attached hydrogens (tertiary/aromatic N) is 4. The van der Waals surface area contributed by atoms with Gasteiger partial charge in [-0.15, -0.1) is 0 Å². The SMILES string of the molecule is O=S(=O)(c1cc(F)cc(C(F)(F)F)c1)N1CCN2C[C@H](Oc3cnc(C4CC4)cn3)C[C@H]2C1. The number of piperazine rings is 1. The number of alkyl halides is 3. The molecule has 2 aromatic rings. The second-order valence-corrected chi connectivity index (χ2v) is 10.7. The molecule has 33 heavy (non-hydrogen) atoms. The van der Waals surface area contributed by atoms with E-state index in [9.17, 15) is 26.0 Å². The average Bonchev–Trinajstić information content (AvgIpc) is 3.52. The highest BCUT2D eigenvalue weighted by Gasteiger charge is 2.42. The second kappa shape index (κ2) is 8.17. The Morgan fingerprint density at radius 2 is 1.82 bits per heavy atom. The Balaban J connectivity index is 1.26. The summed E-state index contributed by atoms with van der Waals surface area (Å²) < 4.78 is 85.9. The average molecular weight is 486 g/mol. The van der Waals surface area contributed by atoms with E-state index >= 15 is 0 Å². The van der Waals surface area contributed by atoms with Crippen molar-refractivity contribution < 1.29 is 30.7 Å². The molecular formula is C21H22F4N4O3S. The van der Waals surface area contributed by atoms with Crippen LogP contribution in [0.15, 0.2) is 35.5 Å². The number of hydrogen-bond acceptors (Lipinski definition) is 6. The normalized spacial score (nSPS) is 24.6. The van der Waals surface area contributed by atoms with Gasteiger partial charge in [0, 0.05) is 44.6 Å². The van der Waals surface area contributed by atoms with Crippen molar-refractivity contribution in [2.75, 3.05) is 26.2 Å². The molecule has 2 aliphatic heterocycles. The van der Waals surface area contributed by atoms with Gasteiger partial charge in [0.05, 0.1) is 28.5 Å². The van der Waals surface area contributed by atoms with E-state index in [-0.39, 0.29) is 31.3 Å². The third kappa shape index (κ3) is 4.69. The van der Waals surface area contributed by atoms with E-state index in [4.69, 9.17) is 4.74 Å². The van der Waals surface area contributed by atoms with Crippen LogP contribution in [0.25, 0.3) is 0 Å². The Labute approximate surface area is 188 Å². The predicted octanol–water partition coefficient (Wildman–Crippen LogP) is 3.04. The van der Waals surface area contributed by atoms with Crippen molar-refractivity contribution in [3.05, 3.63) is 47.7 Å². The molecule has 3 heterocycles. The predicted molar refractivity (Wildman–Crippen MR) is 109 cm³/mol. The van der Waals surface area contributed by atoms with E-state index in [2.05, 4.69) is 14.9 Å². The highest BCUT2D eigenvalue weighted by Crippen LogP contribution is 2.39. The first-order valence-electron chi connectivity index (χ1n) is 10.7. The fraction of sp³-hybridized carbons (Fsp3) is 0.524. The van der Waals surface area contributed by atoms with Crippen molar-refractivity contribution in [2.24, 2.45) is 0 Å². The Morgan fingerprint density at radius 1 is 1.03 bits per heavy atom. The van der Waals surface area contributed by atoms with Crippen LogP contribution in [0.2, 0.25) is 0 Å². The van der Waals surface area contributed by atoms with Crippen molar-refractivity contribution >= 4 is 10.0 Å². The van der Waals surface area contributed by atoms with Crippen LogP contribution in [0.4, 0.5) is 17.6 Å². The lowest BCUT2D eigenvalue weighted by molar-refractivity contribution is -0.137. The van der Waals surface area contributed by atoms with E-state index in [1.807, 2.05) is 0 Å². The monoisotopic (exact) mass is 486 g/mol. The van der Waals surface area contributed by atoms with Crippen LogP contribution in [0.3, 0.4) is 0 Å². The molecule has 0 spiro atoms. The van der Waals surface area contributed by atoms with Gasteiger partial charge in [-0.2, -0.15) is 17.5 Å². The summed E-state index contributed by atoms with van der Waals surface area (Å²) in [5.41, 5.74) is -0.374. The minimum absolute atomic E-state index is 0.0896. The number of hydrogen-bond donors (Lipinski definition) is 0. The molecule has 1 aromatic carbocycles. The van der Waals surface area contributed by atoms with Gasteiger partial charge < -0.3 is 4.74 Å². The molecule has 2 atom stereocenters. The molecule has 2 saturated heterocycles. The van der Waals surface area contributed by atoms with Crippen LogP contribution in [-0.2, 0) is 16.2 Å². The van der Waals surface area contributed by atoms with Gasteiger partial charge in [-0.3, -0.25) is 9.88 Å². The fourth-order valence-corrected chi connectivity index (χ4v) is 5.97. The highest BCUT2D eigenvalue weighted by atomic mass is 32.2. The summed E-state index contributed by atoms with van der Waals surface area (Å²) in [6, 6.07) is 1.24. The minimum Gasteiger partial charge on any atom is -0.472 e. The van der Waals surface area contributed by atoms with Gasteiger partial charge in [0.1, 0.15) is 11.9 Å². The van der Waals surface area contributed by atoms with Crippen LogP contribution in [0, 0.1) is 5.82 Å². The van der Waals surface area contributed by atoms with Crippen LogP contribution in [0.1, 0.15) is 36.4 Å². The maximum absolute atomic E-state index is 13.8. The lowest BCUT2D eigenvalue weighted by atomic mass is 10.2. The standard InChI is InChI=1S/C21H22F4N4O3S/c22-15-5-14(21(23,24)25)6-18(7-15)33(30,31)29-4-3-28-12-17(8-16(28)11-29)32-20-10-26-19(9-27-20)13-1-2-13/h5-7,9-10,13,16-17H,1-4,8,11-12H2/t16-,17+/m0/s1. The Morgan fingerprint density at radius 3 is 2.48 bits per heavy atom. The number of halogens is 4.